The Morgan fingerprint density at radius 3 is 1.81 bits per heavy atom. The lowest BCUT2D eigenvalue weighted by atomic mass is 9.91. The van der Waals surface area contributed by atoms with E-state index in [9.17, 15) is 24.0 Å². The third kappa shape index (κ3) is 12.6. The highest BCUT2D eigenvalue weighted by molar-refractivity contribution is 5.98. The summed E-state index contributed by atoms with van der Waals surface area (Å²) in [5.74, 6) is -3.76. The van der Waals surface area contributed by atoms with Gasteiger partial charge in [0.2, 0.25) is 11.8 Å². The minimum Gasteiger partial charge on any atom is -0.481 e. The van der Waals surface area contributed by atoms with Gasteiger partial charge in [0.1, 0.15) is 24.5 Å². The molecule has 47 heavy (non-hydrogen) atoms. The van der Waals surface area contributed by atoms with Crippen molar-refractivity contribution in [3.8, 4) is 5.75 Å². The van der Waals surface area contributed by atoms with E-state index in [1.807, 2.05) is 19.1 Å². The molecule has 2 amide bonds. The fourth-order valence-corrected chi connectivity index (χ4v) is 4.58. The molecule has 11 nitrogen and oxygen atoms in total. The maximum atomic E-state index is 13.2. The van der Waals surface area contributed by atoms with Crippen LogP contribution in [-0.4, -0.2) is 53.0 Å². The summed E-state index contributed by atoms with van der Waals surface area (Å²) in [6.07, 6.45) is 0.417. The number of carbonyl (C=O) groups excluding carboxylic acids is 4. The van der Waals surface area contributed by atoms with Crippen LogP contribution >= 0.6 is 0 Å². The first-order valence-corrected chi connectivity index (χ1v) is 15.6. The molecule has 1 atom stereocenters. The molecule has 0 aliphatic rings. The number of unbranched alkanes of at least 4 members (excludes halogenated alkanes) is 2. The number of aliphatic carboxylic acids is 1. The first-order valence-electron chi connectivity index (χ1n) is 15.6. The molecule has 0 radical (unpaired) electrons. The average Bonchev–Trinajstić information content (AvgIpc) is 3.07. The van der Waals surface area contributed by atoms with E-state index in [-0.39, 0.29) is 38.2 Å². The van der Waals surface area contributed by atoms with E-state index in [1.165, 1.54) is 12.1 Å². The van der Waals surface area contributed by atoms with Crippen molar-refractivity contribution in [3.63, 3.8) is 0 Å². The predicted octanol–water partition coefficient (Wildman–Crippen LogP) is 4.51. The minimum absolute atomic E-state index is 0.0677. The Morgan fingerprint density at radius 2 is 1.30 bits per heavy atom. The molecule has 1 unspecified atom stereocenters. The van der Waals surface area contributed by atoms with Crippen molar-refractivity contribution in [1.29, 1.82) is 0 Å². The zero-order valence-corrected chi connectivity index (χ0v) is 26.7. The van der Waals surface area contributed by atoms with Crippen LogP contribution in [-0.2, 0) is 53.1 Å². The average molecular weight is 647 g/mol. The summed E-state index contributed by atoms with van der Waals surface area (Å²) in [6.45, 7) is 3.92. The van der Waals surface area contributed by atoms with Gasteiger partial charge in [-0.3, -0.25) is 14.4 Å². The predicted molar refractivity (Wildman–Crippen MR) is 173 cm³/mol. The van der Waals surface area contributed by atoms with Crippen LogP contribution in [0, 0.1) is 0 Å². The molecule has 0 saturated heterocycles. The molecule has 0 fully saturated rings. The van der Waals surface area contributed by atoms with E-state index in [2.05, 4.69) is 10.6 Å². The minimum atomic E-state index is -1.71. The monoisotopic (exact) mass is 646 g/mol. The lowest BCUT2D eigenvalue weighted by Crippen LogP contribution is -2.58. The second kappa shape index (κ2) is 18.7. The number of esters is 2. The van der Waals surface area contributed by atoms with Gasteiger partial charge in [-0.1, -0.05) is 92.6 Å². The Hall–Kier alpha value is -5.19. The van der Waals surface area contributed by atoms with Gasteiger partial charge >= 0.3 is 17.9 Å². The zero-order valence-electron chi connectivity index (χ0n) is 26.7. The fraction of sp³-hybridized carbons (Fsp3) is 0.361. The molecule has 3 aromatic rings. The van der Waals surface area contributed by atoms with Gasteiger partial charge in [0.15, 0.2) is 0 Å². The Bertz CT molecular complexity index is 1410. The normalized spacial score (nSPS) is 12.0. The van der Waals surface area contributed by atoms with Gasteiger partial charge in [-0.05, 0) is 42.2 Å². The summed E-state index contributed by atoms with van der Waals surface area (Å²) >= 11 is 0. The van der Waals surface area contributed by atoms with Crippen molar-refractivity contribution >= 4 is 29.7 Å². The number of hydrogen-bond acceptors (Lipinski definition) is 8. The molecule has 0 aliphatic heterocycles. The van der Waals surface area contributed by atoms with E-state index in [0.717, 1.165) is 30.4 Å². The molecule has 0 heterocycles. The van der Waals surface area contributed by atoms with Crippen LogP contribution in [0.5, 0.6) is 5.75 Å². The van der Waals surface area contributed by atoms with Crippen LogP contribution in [0.2, 0.25) is 0 Å². The summed E-state index contributed by atoms with van der Waals surface area (Å²) in [7, 11) is 0. The number of benzene rings is 3. The highest BCUT2D eigenvalue weighted by atomic mass is 16.6. The molecule has 3 rings (SSSR count). The first kappa shape index (κ1) is 36.3. The Kier molecular flexibility index (Phi) is 14.4. The van der Waals surface area contributed by atoms with Gasteiger partial charge in [-0.15, -0.1) is 0 Å². The van der Waals surface area contributed by atoms with E-state index in [4.69, 9.17) is 19.3 Å². The summed E-state index contributed by atoms with van der Waals surface area (Å²) in [5, 5.41) is 14.5. The lowest BCUT2D eigenvalue weighted by molar-refractivity contribution is -0.168. The summed E-state index contributed by atoms with van der Waals surface area (Å²) < 4.78 is 16.6. The smallest absolute Gasteiger partial charge is 0.359 e. The third-order valence-electron chi connectivity index (χ3n) is 7.16. The molecule has 0 spiro atoms. The largest absolute Gasteiger partial charge is 0.481 e. The molecule has 0 bridgehead atoms. The van der Waals surface area contributed by atoms with Gasteiger partial charge in [-0.2, -0.15) is 0 Å². The Balaban J connectivity index is 1.74. The highest BCUT2D eigenvalue weighted by Gasteiger charge is 2.36. The van der Waals surface area contributed by atoms with Crippen molar-refractivity contribution in [1.82, 2.24) is 10.6 Å². The van der Waals surface area contributed by atoms with Crippen LogP contribution in [0.4, 0.5) is 0 Å². The number of carbonyl (C=O) groups is 5. The highest BCUT2D eigenvalue weighted by Crippen LogP contribution is 2.20. The maximum absolute atomic E-state index is 13.2. The molecule has 11 heteroatoms. The van der Waals surface area contributed by atoms with Gasteiger partial charge in [-0.25, -0.2) is 9.59 Å². The van der Waals surface area contributed by atoms with E-state index in [0.29, 0.717) is 12.1 Å². The SMILES string of the molecule is CCCCCNC(=O)C(C)(Cc1ccc(OC(C(=O)OCc2ccccc2)C(=O)OCc2ccccc2)cc1)NC(=O)CCC(=O)O. The molecule has 250 valence electrons. The zero-order chi connectivity index (χ0) is 34.1. The van der Waals surface area contributed by atoms with Gasteiger partial charge < -0.3 is 30.0 Å². The first-order chi connectivity index (χ1) is 22.6. The number of nitrogens with one attached hydrogen (secondary N) is 2. The van der Waals surface area contributed by atoms with E-state index in [1.54, 1.807) is 67.6 Å². The summed E-state index contributed by atoms with van der Waals surface area (Å²) in [6, 6.07) is 24.3. The van der Waals surface area contributed by atoms with Gasteiger partial charge in [0.25, 0.3) is 6.10 Å². The third-order valence-corrected chi connectivity index (χ3v) is 7.16. The van der Waals surface area contributed by atoms with Crippen molar-refractivity contribution in [2.75, 3.05) is 6.54 Å². The van der Waals surface area contributed by atoms with Crippen molar-refractivity contribution < 1.29 is 43.3 Å². The summed E-state index contributed by atoms with van der Waals surface area (Å²) in [5.41, 5.74) is 0.718. The number of amides is 2. The molecule has 0 aliphatic carbocycles. The van der Waals surface area contributed by atoms with E-state index >= 15 is 0 Å². The van der Waals surface area contributed by atoms with Crippen molar-refractivity contribution in [2.24, 2.45) is 0 Å². The molecule has 0 saturated carbocycles. The topological polar surface area (TPSA) is 157 Å². The van der Waals surface area contributed by atoms with Crippen molar-refractivity contribution in [3.05, 3.63) is 102 Å². The quantitative estimate of drug-likeness (QED) is 0.0969. The molecule has 3 aromatic carbocycles. The second-order valence-electron chi connectivity index (χ2n) is 11.2. The molecule has 3 N–H and O–H groups in total. The van der Waals surface area contributed by atoms with Crippen LogP contribution in [0.25, 0.3) is 0 Å². The second-order valence-corrected chi connectivity index (χ2v) is 11.2. The van der Waals surface area contributed by atoms with E-state index < -0.39 is 41.4 Å². The number of carboxylic acid groups (broad SMARTS) is 1. The van der Waals surface area contributed by atoms with Crippen LogP contribution in [0.3, 0.4) is 0 Å². The van der Waals surface area contributed by atoms with Gasteiger partial charge in [0.05, 0.1) is 6.42 Å². The molecule has 0 aromatic heterocycles. The summed E-state index contributed by atoms with van der Waals surface area (Å²) in [4.78, 5) is 62.9. The van der Waals surface area contributed by atoms with Gasteiger partial charge in [0, 0.05) is 19.4 Å². The van der Waals surface area contributed by atoms with Crippen LogP contribution in [0.1, 0.15) is 62.6 Å². The Labute approximate surface area is 274 Å². The Morgan fingerprint density at radius 1 is 0.745 bits per heavy atom. The molecular formula is C36H42N2O9. The standard InChI is InChI=1S/C36H42N2O9/c1-3-4-11-22-37-35(44)36(2,38-30(39)20-21-31(40)41)23-26-16-18-29(19-17-26)47-32(33(42)45-24-27-12-7-5-8-13-27)34(43)46-25-28-14-9-6-10-15-28/h5-10,12-19,32H,3-4,11,20-25H2,1-2H3,(H,37,44)(H,38,39)(H,40,41). The van der Waals surface area contributed by atoms with Crippen molar-refractivity contribution in [2.45, 2.75) is 77.2 Å². The lowest BCUT2D eigenvalue weighted by Gasteiger charge is -2.30. The number of ether oxygens (including phenoxy) is 3. The van der Waals surface area contributed by atoms with Crippen LogP contribution < -0.4 is 15.4 Å². The number of rotatable bonds is 19. The number of carboxylic acids is 1. The number of hydrogen-bond donors (Lipinski definition) is 3. The molecular weight excluding hydrogens is 604 g/mol. The fourth-order valence-electron chi connectivity index (χ4n) is 4.58. The van der Waals surface area contributed by atoms with Crippen LogP contribution in [0.15, 0.2) is 84.9 Å². The maximum Gasteiger partial charge on any atom is 0.359 e.